The first-order valence-electron chi connectivity index (χ1n) is 7.04. The number of benzene rings is 1. The summed E-state index contributed by atoms with van der Waals surface area (Å²) >= 11 is 6.15. The van der Waals surface area contributed by atoms with Crippen LogP contribution in [0.2, 0.25) is 0 Å². The molecular formula is C16H19ClN2. The summed E-state index contributed by atoms with van der Waals surface area (Å²) in [6.07, 6.45) is 6.67. The topological polar surface area (TPSA) is 24.9 Å². The second-order valence-electron chi connectivity index (χ2n) is 5.37. The number of para-hydroxylation sites is 1. The Balaban J connectivity index is 1.68. The molecule has 3 heteroatoms. The van der Waals surface area contributed by atoms with Crippen LogP contribution in [0.25, 0.3) is 10.9 Å². The molecular weight excluding hydrogens is 256 g/mol. The standard InChI is InChI=1S/C16H19ClN2/c17-13-7-5-12(6-8-13)11-19-16-9-10-18-15-4-2-1-3-14(15)16/h1-4,9-10,12-13H,5-8,11H2,(H,18,19). The minimum absolute atomic E-state index is 0.401. The van der Waals surface area contributed by atoms with Crippen molar-refractivity contribution in [2.45, 2.75) is 31.1 Å². The molecule has 0 aliphatic heterocycles. The second kappa shape index (κ2) is 5.79. The quantitative estimate of drug-likeness (QED) is 0.837. The van der Waals surface area contributed by atoms with Gasteiger partial charge in [0.25, 0.3) is 0 Å². The van der Waals surface area contributed by atoms with E-state index >= 15 is 0 Å². The van der Waals surface area contributed by atoms with E-state index in [0.717, 1.165) is 30.8 Å². The van der Waals surface area contributed by atoms with Crippen LogP contribution in [-0.4, -0.2) is 16.9 Å². The van der Waals surface area contributed by atoms with Gasteiger partial charge in [0.1, 0.15) is 0 Å². The van der Waals surface area contributed by atoms with E-state index in [-0.39, 0.29) is 0 Å². The van der Waals surface area contributed by atoms with E-state index in [1.165, 1.54) is 23.9 Å². The van der Waals surface area contributed by atoms with Gasteiger partial charge in [-0.15, -0.1) is 11.6 Å². The fourth-order valence-electron chi connectivity index (χ4n) is 2.83. The number of pyridine rings is 1. The van der Waals surface area contributed by atoms with Crippen molar-refractivity contribution in [1.29, 1.82) is 0 Å². The summed E-state index contributed by atoms with van der Waals surface area (Å²) in [5.74, 6) is 0.752. The van der Waals surface area contributed by atoms with Crippen molar-refractivity contribution in [3.63, 3.8) is 0 Å². The minimum atomic E-state index is 0.401. The van der Waals surface area contributed by atoms with Crippen molar-refractivity contribution in [2.24, 2.45) is 5.92 Å². The van der Waals surface area contributed by atoms with Crippen LogP contribution >= 0.6 is 11.6 Å². The largest absolute Gasteiger partial charge is 0.384 e. The highest BCUT2D eigenvalue weighted by atomic mass is 35.5. The lowest BCUT2D eigenvalue weighted by Gasteiger charge is -2.25. The summed E-state index contributed by atoms with van der Waals surface area (Å²) < 4.78 is 0. The van der Waals surface area contributed by atoms with E-state index in [9.17, 15) is 0 Å². The van der Waals surface area contributed by atoms with Gasteiger partial charge < -0.3 is 5.32 Å². The minimum Gasteiger partial charge on any atom is -0.384 e. The normalized spacial score (nSPS) is 23.4. The maximum Gasteiger partial charge on any atom is 0.0722 e. The molecule has 2 aromatic rings. The molecule has 1 aromatic heterocycles. The van der Waals surface area contributed by atoms with Gasteiger partial charge in [0.2, 0.25) is 0 Å². The number of alkyl halides is 1. The van der Waals surface area contributed by atoms with Gasteiger partial charge in [-0.25, -0.2) is 0 Å². The molecule has 3 rings (SSSR count). The van der Waals surface area contributed by atoms with E-state index in [2.05, 4.69) is 34.6 Å². The zero-order valence-corrected chi connectivity index (χ0v) is 11.7. The molecule has 0 atom stereocenters. The van der Waals surface area contributed by atoms with Crippen molar-refractivity contribution in [3.05, 3.63) is 36.5 Å². The van der Waals surface area contributed by atoms with Gasteiger partial charge in [0, 0.05) is 29.2 Å². The first-order valence-corrected chi connectivity index (χ1v) is 7.48. The highest BCUT2D eigenvalue weighted by Crippen LogP contribution is 2.28. The summed E-state index contributed by atoms with van der Waals surface area (Å²) in [6.45, 7) is 1.04. The molecule has 1 heterocycles. The molecule has 0 amide bonds. The number of nitrogens with one attached hydrogen (secondary N) is 1. The number of rotatable bonds is 3. The average Bonchev–Trinajstić information content (AvgIpc) is 2.47. The molecule has 1 aliphatic rings. The highest BCUT2D eigenvalue weighted by molar-refractivity contribution is 6.20. The van der Waals surface area contributed by atoms with Crippen LogP contribution in [-0.2, 0) is 0 Å². The Bertz CT molecular complexity index is 542. The van der Waals surface area contributed by atoms with Crippen molar-refractivity contribution in [1.82, 2.24) is 4.98 Å². The lowest BCUT2D eigenvalue weighted by atomic mass is 9.89. The van der Waals surface area contributed by atoms with Crippen LogP contribution in [0.3, 0.4) is 0 Å². The SMILES string of the molecule is ClC1CCC(CNc2ccnc3ccccc23)CC1. The predicted octanol–water partition coefficient (Wildman–Crippen LogP) is 4.44. The molecule has 2 nitrogen and oxygen atoms in total. The zero-order valence-electron chi connectivity index (χ0n) is 11.0. The Morgan fingerprint density at radius 1 is 1.11 bits per heavy atom. The molecule has 19 heavy (non-hydrogen) atoms. The summed E-state index contributed by atoms with van der Waals surface area (Å²) in [4.78, 5) is 4.39. The Hall–Kier alpha value is -1.28. The second-order valence-corrected chi connectivity index (χ2v) is 5.99. The third-order valence-electron chi connectivity index (χ3n) is 4.01. The molecule has 0 radical (unpaired) electrons. The lowest BCUT2D eigenvalue weighted by molar-refractivity contribution is 0.378. The van der Waals surface area contributed by atoms with E-state index in [1.807, 2.05) is 12.3 Å². The average molecular weight is 275 g/mol. The third kappa shape index (κ3) is 3.01. The summed E-state index contributed by atoms with van der Waals surface area (Å²) in [7, 11) is 0. The molecule has 1 saturated carbocycles. The first kappa shape index (κ1) is 12.7. The number of fused-ring (bicyclic) bond motifs is 1. The predicted molar refractivity (Wildman–Crippen MR) is 81.8 cm³/mol. The summed E-state index contributed by atoms with van der Waals surface area (Å²) in [5, 5.41) is 5.19. The van der Waals surface area contributed by atoms with Crippen molar-refractivity contribution in [2.75, 3.05) is 11.9 Å². The number of nitrogens with zero attached hydrogens (tertiary/aromatic N) is 1. The third-order valence-corrected chi connectivity index (χ3v) is 4.44. The zero-order chi connectivity index (χ0) is 13.1. The number of hydrogen-bond donors (Lipinski definition) is 1. The molecule has 1 fully saturated rings. The maximum atomic E-state index is 6.15. The fourth-order valence-corrected chi connectivity index (χ4v) is 3.08. The molecule has 100 valence electrons. The number of aromatic nitrogens is 1. The van der Waals surface area contributed by atoms with E-state index < -0.39 is 0 Å². The van der Waals surface area contributed by atoms with Gasteiger partial charge >= 0.3 is 0 Å². The van der Waals surface area contributed by atoms with Crippen molar-refractivity contribution >= 4 is 28.2 Å². The summed E-state index contributed by atoms with van der Waals surface area (Å²) in [6, 6.07) is 10.3. The molecule has 0 bridgehead atoms. The van der Waals surface area contributed by atoms with Crippen molar-refractivity contribution < 1.29 is 0 Å². The molecule has 1 aliphatic carbocycles. The van der Waals surface area contributed by atoms with Crippen LogP contribution in [0, 0.1) is 5.92 Å². The number of halogens is 1. The van der Waals surface area contributed by atoms with E-state index in [1.54, 1.807) is 0 Å². The van der Waals surface area contributed by atoms with Gasteiger partial charge in [-0.3, -0.25) is 4.98 Å². The molecule has 1 aromatic carbocycles. The van der Waals surface area contributed by atoms with Crippen molar-refractivity contribution in [3.8, 4) is 0 Å². The molecule has 0 spiro atoms. The smallest absolute Gasteiger partial charge is 0.0722 e. The first-order chi connectivity index (χ1) is 9.33. The Morgan fingerprint density at radius 3 is 2.74 bits per heavy atom. The fraction of sp³-hybridized carbons (Fsp3) is 0.438. The maximum absolute atomic E-state index is 6.15. The van der Waals surface area contributed by atoms with Gasteiger partial charge in [-0.2, -0.15) is 0 Å². The van der Waals surface area contributed by atoms with Gasteiger partial charge in [-0.05, 0) is 43.7 Å². The van der Waals surface area contributed by atoms with E-state index in [0.29, 0.717) is 5.38 Å². The molecule has 0 unspecified atom stereocenters. The van der Waals surface area contributed by atoms with Crippen LogP contribution in [0.1, 0.15) is 25.7 Å². The molecule has 0 saturated heterocycles. The number of anilines is 1. The van der Waals surface area contributed by atoms with Gasteiger partial charge in [0.05, 0.1) is 5.52 Å². The van der Waals surface area contributed by atoms with Crippen LogP contribution in [0.15, 0.2) is 36.5 Å². The van der Waals surface area contributed by atoms with E-state index in [4.69, 9.17) is 11.6 Å². The van der Waals surface area contributed by atoms with Crippen LogP contribution < -0.4 is 5.32 Å². The van der Waals surface area contributed by atoms with Crippen LogP contribution in [0.5, 0.6) is 0 Å². The van der Waals surface area contributed by atoms with Crippen LogP contribution in [0.4, 0.5) is 5.69 Å². The Kier molecular flexibility index (Phi) is 3.88. The number of hydrogen-bond acceptors (Lipinski definition) is 2. The Morgan fingerprint density at radius 2 is 1.89 bits per heavy atom. The van der Waals surface area contributed by atoms with Gasteiger partial charge in [0.15, 0.2) is 0 Å². The lowest BCUT2D eigenvalue weighted by Crippen LogP contribution is -2.21. The summed E-state index contributed by atoms with van der Waals surface area (Å²) in [5.41, 5.74) is 2.25. The Labute approximate surface area is 119 Å². The highest BCUT2D eigenvalue weighted by Gasteiger charge is 2.19. The molecule has 1 N–H and O–H groups in total. The monoisotopic (exact) mass is 274 g/mol. The van der Waals surface area contributed by atoms with Gasteiger partial charge in [-0.1, -0.05) is 18.2 Å².